The number of primary amides is 1. The fourth-order valence-electron chi connectivity index (χ4n) is 8.47. The number of carbonyl (C=O) groups excluding carboxylic acids is 5. The second-order valence-corrected chi connectivity index (χ2v) is 22.9. The van der Waals surface area contributed by atoms with Crippen LogP contribution in [0.3, 0.4) is 0 Å². The second kappa shape index (κ2) is 31.6. The van der Waals surface area contributed by atoms with Crippen LogP contribution < -0.4 is 26.4 Å². The first-order valence-corrected chi connectivity index (χ1v) is 28.2. The summed E-state index contributed by atoms with van der Waals surface area (Å²) in [5, 5.41) is 18.9. The number of nitrogens with two attached hydrogens (primary N) is 1. The van der Waals surface area contributed by atoms with Crippen LogP contribution in [-0.2, 0) is 71.9 Å². The first kappa shape index (κ1) is 64.5. The van der Waals surface area contributed by atoms with Gasteiger partial charge in [0, 0.05) is 38.1 Å². The third kappa shape index (κ3) is 22.6. The smallest absolute Gasteiger partial charge is 0.407 e. The summed E-state index contributed by atoms with van der Waals surface area (Å²) in [5.41, 5.74) is 8.32. The van der Waals surface area contributed by atoms with Crippen LogP contribution in [0.4, 0.5) is 9.18 Å². The number of likely N-dealkylation sites (tertiary alicyclic amines) is 1. The Balaban J connectivity index is 0.902. The number of alkyl halides is 1. The number of carbonyl (C=O) groups is 5. The van der Waals surface area contributed by atoms with E-state index >= 15 is 0 Å². The van der Waals surface area contributed by atoms with Crippen molar-refractivity contribution in [2.75, 3.05) is 79.2 Å². The van der Waals surface area contributed by atoms with Gasteiger partial charge in [0.15, 0.2) is 5.67 Å². The van der Waals surface area contributed by atoms with Gasteiger partial charge in [0.05, 0.1) is 100 Å². The average Bonchev–Trinajstić information content (AvgIpc) is 3.94. The molecule has 1 aromatic heterocycles. The Kier molecular flexibility index (Phi) is 25.8. The molecular formula is C57H85FN6O14S. The van der Waals surface area contributed by atoms with Gasteiger partial charge in [-0.2, -0.15) is 0 Å². The summed E-state index contributed by atoms with van der Waals surface area (Å²) in [4.78, 5) is 70.8. The standard InChI is InChI=1S/C57H85FN6O14S/c1-38-49(79-37-61-38)42-15-16-43(34-60-51(67)46-33-44(65)35-64(46)52(68)50(55(3,4)5)63-53(69)57(58)19-20-57)47(32-42)76-31-30-75-29-28-74-27-26-73-25-24-72-23-22-71-21-9-10-40-11-13-41(14-12-40)36-77-39(2)45(17-18-48(59)66)62-54(70)78-56(6,7)8/h11-16,32,37,39,44-46,50,65H,9-10,17-31,33-36H2,1-8H3,(H2,59,66)(H,60,67)(H,62,70)(H,63,69)/t39-,44-,45?,46+,50-/m1/s1. The molecule has 1 saturated heterocycles. The lowest BCUT2D eigenvalue weighted by molar-refractivity contribution is -0.145. The lowest BCUT2D eigenvalue weighted by atomic mass is 9.85. The summed E-state index contributed by atoms with van der Waals surface area (Å²) in [5.74, 6) is -1.79. The van der Waals surface area contributed by atoms with E-state index in [0.717, 1.165) is 34.5 Å². The minimum Gasteiger partial charge on any atom is -0.491 e. The summed E-state index contributed by atoms with van der Waals surface area (Å²) in [7, 11) is 0. The van der Waals surface area contributed by atoms with Gasteiger partial charge in [-0.25, -0.2) is 14.2 Å². The summed E-state index contributed by atoms with van der Waals surface area (Å²) >= 11 is 1.50. The molecule has 1 unspecified atom stereocenters. The van der Waals surface area contributed by atoms with Crippen LogP contribution in [0.2, 0.25) is 0 Å². The van der Waals surface area contributed by atoms with E-state index in [9.17, 15) is 33.5 Å². The van der Waals surface area contributed by atoms with Crippen molar-refractivity contribution < 1.29 is 71.4 Å². The number of hydrogen-bond donors (Lipinski definition) is 5. The number of alkyl carbamates (subject to hydrolysis) is 1. The van der Waals surface area contributed by atoms with E-state index in [1.807, 2.05) is 44.2 Å². The lowest BCUT2D eigenvalue weighted by Gasteiger charge is -2.35. The maximum atomic E-state index is 14.6. The molecule has 2 aromatic carbocycles. The number of aliphatic hydroxyl groups excluding tert-OH is 1. The number of rotatable bonds is 35. The van der Waals surface area contributed by atoms with Crippen LogP contribution >= 0.6 is 11.3 Å². The zero-order chi connectivity index (χ0) is 57.6. The molecule has 1 aliphatic carbocycles. The molecule has 2 fully saturated rings. The van der Waals surface area contributed by atoms with Gasteiger partial charge >= 0.3 is 6.09 Å². The zero-order valence-corrected chi connectivity index (χ0v) is 48.2. The number of thiazole rings is 1. The van der Waals surface area contributed by atoms with Crippen molar-refractivity contribution in [3.63, 3.8) is 0 Å². The van der Waals surface area contributed by atoms with Gasteiger partial charge < -0.3 is 69.6 Å². The minimum absolute atomic E-state index is 0.0115. The second-order valence-electron chi connectivity index (χ2n) is 22.0. The Bertz CT molecular complexity index is 2390. The number of aryl methyl sites for hydroxylation is 2. The van der Waals surface area contributed by atoms with E-state index in [1.54, 1.807) is 47.1 Å². The molecular weight excluding hydrogens is 1040 g/mol. The zero-order valence-electron chi connectivity index (χ0n) is 47.4. The maximum absolute atomic E-state index is 14.6. The van der Waals surface area contributed by atoms with Crippen LogP contribution in [0.5, 0.6) is 5.75 Å². The third-order valence-electron chi connectivity index (χ3n) is 13.1. The number of ether oxygens (including phenoxy) is 8. The average molecular weight is 1130 g/mol. The number of β-amino-alcohol motifs (C(OH)–C–C–N with tert-alkyl or cyclic N) is 1. The van der Waals surface area contributed by atoms with Gasteiger partial charge in [-0.3, -0.25) is 19.2 Å². The number of aromatic nitrogens is 1. The highest BCUT2D eigenvalue weighted by Gasteiger charge is 2.53. The Morgan fingerprint density at radius 2 is 1.44 bits per heavy atom. The molecule has 5 atom stereocenters. The van der Waals surface area contributed by atoms with Gasteiger partial charge in [0.1, 0.15) is 30.0 Å². The molecule has 20 nitrogen and oxygen atoms in total. The summed E-state index contributed by atoms with van der Waals surface area (Å²) < 4.78 is 60.7. The molecule has 79 heavy (non-hydrogen) atoms. The van der Waals surface area contributed by atoms with E-state index in [-0.39, 0.29) is 58.1 Å². The fraction of sp³-hybridized carbons (Fsp3) is 0.649. The van der Waals surface area contributed by atoms with Crippen LogP contribution in [0.25, 0.3) is 10.4 Å². The molecule has 0 spiro atoms. The number of halogens is 1. The van der Waals surface area contributed by atoms with Gasteiger partial charge in [-0.15, -0.1) is 11.3 Å². The van der Waals surface area contributed by atoms with Gasteiger partial charge in [0.25, 0.3) is 5.91 Å². The van der Waals surface area contributed by atoms with Gasteiger partial charge in [-0.1, -0.05) is 57.2 Å². The maximum Gasteiger partial charge on any atom is 0.407 e. The van der Waals surface area contributed by atoms with Crippen molar-refractivity contribution in [3.05, 3.63) is 70.4 Å². The number of aliphatic hydroxyl groups is 1. The molecule has 0 radical (unpaired) electrons. The summed E-state index contributed by atoms with van der Waals surface area (Å²) in [6, 6.07) is 11.3. The molecule has 1 aliphatic heterocycles. The quantitative estimate of drug-likeness (QED) is 0.0431. The van der Waals surface area contributed by atoms with Crippen molar-refractivity contribution in [2.45, 2.75) is 155 Å². The third-order valence-corrected chi connectivity index (χ3v) is 14.1. The van der Waals surface area contributed by atoms with Crippen molar-refractivity contribution in [1.82, 2.24) is 25.8 Å². The summed E-state index contributed by atoms with van der Waals surface area (Å²) in [6.45, 7) is 19.1. The highest BCUT2D eigenvalue weighted by Crippen LogP contribution is 2.40. The Labute approximate surface area is 468 Å². The molecule has 2 aliphatic rings. The summed E-state index contributed by atoms with van der Waals surface area (Å²) in [6.07, 6.45) is 0.463. The van der Waals surface area contributed by atoms with Gasteiger partial charge in [-0.05, 0) is 94.9 Å². The van der Waals surface area contributed by atoms with E-state index < -0.39 is 70.6 Å². The predicted molar refractivity (Wildman–Crippen MR) is 295 cm³/mol. The topological polar surface area (TPSA) is 258 Å². The van der Waals surface area contributed by atoms with E-state index in [1.165, 1.54) is 21.8 Å². The number of amides is 5. The van der Waals surface area contributed by atoms with Crippen molar-refractivity contribution in [3.8, 4) is 16.2 Å². The molecule has 6 N–H and O–H groups in total. The number of nitrogens with one attached hydrogen (secondary N) is 3. The Hall–Kier alpha value is -5.33. The molecule has 22 heteroatoms. The van der Waals surface area contributed by atoms with E-state index in [4.69, 9.17) is 43.6 Å². The Morgan fingerprint density at radius 1 is 0.848 bits per heavy atom. The van der Waals surface area contributed by atoms with Crippen molar-refractivity contribution >= 4 is 41.1 Å². The van der Waals surface area contributed by atoms with Crippen LogP contribution in [0.15, 0.2) is 48.0 Å². The van der Waals surface area contributed by atoms with Gasteiger partial charge in [0.2, 0.25) is 17.7 Å². The minimum atomic E-state index is -1.98. The van der Waals surface area contributed by atoms with Crippen molar-refractivity contribution in [1.29, 1.82) is 0 Å². The number of nitrogens with zero attached hydrogens (tertiary/aromatic N) is 2. The molecule has 440 valence electrons. The largest absolute Gasteiger partial charge is 0.491 e. The Morgan fingerprint density at radius 3 is 2.00 bits per heavy atom. The van der Waals surface area contributed by atoms with E-state index in [0.29, 0.717) is 83.8 Å². The molecule has 5 rings (SSSR count). The molecule has 2 heterocycles. The predicted octanol–water partition coefficient (Wildman–Crippen LogP) is 5.89. The molecule has 5 amide bonds. The number of benzene rings is 2. The first-order valence-electron chi connectivity index (χ1n) is 27.3. The van der Waals surface area contributed by atoms with Crippen LogP contribution in [0, 0.1) is 12.3 Å². The van der Waals surface area contributed by atoms with E-state index in [2.05, 4.69) is 33.1 Å². The van der Waals surface area contributed by atoms with Crippen LogP contribution in [0.1, 0.15) is 109 Å². The SMILES string of the molecule is Cc1ncsc1-c1ccc(CNC(=O)[C@@H]2C[C@@H](O)CN2C(=O)[C@@H](NC(=O)C2(F)CC2)C(C)(C)C)c(OCCOCCOCCOCCOCCOCCCc2ccc(CO[C@H](C)C(CCC(N)=O)NC(=O)OC(C)(C)C)cc2)c1. The van der Waals surface area contributed by atoms with Crippen LogP contribution in [-0.4, -0.2) is 166 Å². The molecule has 3 aromatic rings. The number of hydrogen-bond acceptors (Lipinski definition) is 16. The highest BCUT2D eigenvalue weighted by molar-refractivity contribution is 7.13. The molecule has 1 saturated carbocycles. The normalized spacial score (nSPS) is 17.2. The first-order chi connectivity index (χ1) is 37.5. The molecule has 0 bridgehead atoms. The highest BCUT2D eigenvalue weighted by atomic mass is 32.1. The lowest BCUT2D eigenvalue weighted by Crippen LogP contribution is -2.59. The fourth-order valence-corrected chi connectivity index (χ4v) is 9.27. The van der Waals surface area contributed by atoms with Crippen molar-refractivity contribution in [2.24, 2.45) is 11.1 Å². The monoisotopic (exact) mass is 1130 g/mol.